The van der Waals surface area contributed by atoms with Crippen LogP contribution in [0.2, 0.25) is 0 Å². The van der Waals surface area contributed by atoms with Crippen LogP contribution in [0, 0.1) is 11.3 Å². The van der Waals surface area contributed by atoms with Crippen LogP contribution in [-0.4, -0.2) is 23.1 Å². The normalized spacial score (nSPS) is 15.4. The number of hydrogen-bond acceptors (Lipinski definition) is 3. The molecule has 1 N–H and O–H groups in total. The van der Waals surface area contributed by atoms with Crippen LogP contribution in [0.25, 0.3) is 10.9 Å². The summed E-state index contributed by atoms with van der Waals surface area (Å²) in [5, 5.41) is 3.95. The fourth-order valence-electron chi connectivity index (χ4n) is 4.23. The molecule has 0 spiro atoms. The summed E-state index contributed by atoms with van der Waals surface area (Å²) < 4.78 is 7.42. The van der Waals surface area contributed by atoms with Gasteiger partial charge < -0.3 is 14.6 Å². The molecule has 1 amide bonds. The highest BCUT2D eigenvalue weighted by Gasteiger charge is 2.22. The van der Waals surface area contributed by atoms with Crippen LogP contribution >= 0.6 is 0 Å². The highest BCUT2D eigenvalue weighted by Crippen LogP contribution is 2.30. The number of anilines is 1. The Kier molecular flexibility index (Phi) is 6.66. The van der Waals surface area contributed by atoms with E-state index < -0.39 is 0 Å². The zero-order valence-corrected chi connectivity index (χ0v) is 18.2. The molecule has 5 nitrogen and oxygen atoms in total. The van der Waals surface area contributed by atoms with Crippen LogP contribution in [0.5, 0.6) is 0 Å². The fraction of sp³-hybridized carbons (Fsp3) is 0.583. The average Bonchev–Trinajstić information content (AvgIpc) is 2.99. The van der Waals surface area contributed by atoms with Crippen molar-refractivity contribution in [2.24, 2.45) is 11.3 Å². The third kappa shape index (κ3) is 5.62. The number of ether oxygens (including phenoxy) is 1. The van der Waals surface area contributed by atoms with Crippen molar-refractivity contribution in [3.05, 3.63) is 30.0 Å². The number of nitrogens with zero attached hydrogens (tertiary/aromatic N) is 1. The molecule has 1 heterocycles. The summed E-state index contributed by atoms with van der Waals surface area (Å²) >= 11 is 0. The number of nitrogens with one attached hydrogen (secondary N) is 1. The van der Waals surface area contributed by atoms with Gasteiger partial charge in [0.25, 0.3) is 0 Å². The molecule has 2 aromatic rings. The third-order valence-electron chi connectivity index (χ3n) is 5.53. The first kappa shape index (κ1) is 21.4. The van der Waals surface area contributed by atoms with E-state index in [1.165, 1.54) is 32.1 Å². The van der Waals surface area contributed by atoms with E-state index >= 15 is 0 Å². The van der Waals surface area contributed by atoms with Crippen molar-refractivity contribution in [2.45, 2.75) is 72.8 Å². The molecular formula is C24H34N2O3. The molecule has 0 radical (unpaired) electrons. The maximum Gasteiger partial charge on any atom is 0.354 e. The quantitative estimate of drug-likeness (QED) is 0.628. The molecule has 0 saturated heterocycles. The van der Waals surface area contributed by atoms with Gasteiger partial charge in [-0.1, -0.05) is 40.0 Å². The number of hydrogen-bond donors (Lipinski definition) is 1. The first-order valence-corrected chi connectivity index (χ1v) is 10.9. The maximum absolute atomic E-state index is 12.6. The van der Waals surface area contributed by atoms with Crippen LogP contribution in [0.1, 0.15) is 76.7 Å². The molecule has 158 valence electrons. The Morgan fingerprint density at radius 1 is 1.14 bits per heavy atom. The summed E-state index contributed by atoms with van der Waals surface area (Å²) in [6.07, 6.45) is 6.73. The Morgan fingerprint density at radius 2 is 1.86 bits per heavy atom. The molecular weight excluding hydrogens is 364 g/mol. The number of carbonyl (C=O) groups excluding carboxylic acids is 2. The molecule has 1 saturated carbocycles. The van der Waals surface area contributed by atoms with E-state index in [-0.39, 0.29) is 17.3 Å². The highest BCUT2D eigenvalue weighted by atomic mass is 16.5. The molecule has 1 fully saturated rings. The lowest BCUT2D eigenvalue weighted by molar-refractivity contribution is -0.117. The standard InChI is InChI=1S/C24H34N2O3/c1-5-29-23(28)21-14-18-13-19(25-22(27)15-24(2,3)4)11-12-20(18)26(21)16-17-9-7-6-8-10-17/h11-14,17H,5-10,15-16H2,1-4H3,(H,25,27). The lowest BCUT2D eigenvalue weighted by Crippen LogP contribution is -2.19. The first-order valence-electron chi connectivity index (χ1n) is 10.9. The Morgan fingerprint density at radius 3 is 2.52 bits per heavy atom. The molecule has 0 bridgehead atoms. The van der Waals surface area contributed by atoms with Crippen molar-refractivity contribution in [2.75, 3.05) is 11.9 Å². The van der Waals surface area contributed by atoms with Crippen LogP contribution in [-0.2, 0) is 16.1 Å². The maximum atomic E-state index is 12.6. The highest BCUT2D eigenvalue weighted by molar-refractivity contribution is 5.98. The van der Waals surface area contributed by atoms with E-state index in [2.05, 4.69) is 9.88 Å². The summed E-state index contributed by atoms with van der Waals surface area (Å²) in [6, 6.07) is 7.79. The molecule has 1 aromatic heterocycles. The minimum absolute atomic E-state index is 0.00380. The van der Waals surface area contributed by atoms with Gasteiger partial charge in [0.1, 0.15) is 5.69 Å². The van der Waals surface area contributed by atoms with Gasteiger partial charge in [-0.3, -0.25) is 4.79 Å². The largest absolute Gasteiger partial charge is 0.461 e. The predicted octanol–water partition coefficient (Wildman–Crippen LogP) is 5.77. The van der Waals surface area contributed by atoms with Crippen LogP contribution < -0.4 is 5.32 Å². The minimum atomic E-state index is -0.280. The predicted molar refractivity (Wildman–Crippen MR) is 117 cm³/mol. The van der Waals surface area contributed by atoms with E-state index in [0.717, 1.165) is 23.1 Å². The Labute approximate surface area is 173 Å². The summed E-state index contributed by atoms with van der Waals surface area (Å²) in [7, 11) is 0. The second-order valence-electron chi connectivity index (χ2n) is 9.42. The Balaban J connectivity index is 1.89. The van der Waals surface area contributed by atoms with Gasteiger partial charge in [-0.05, 0) is 55.4 Å². The number of fused-ring (bicyclic) bond motifs is 1. The van der Waals surface area contributed by atoms with Gasteiger partial charge in [-0.15, -0.1) is 0 Å². The number of carbonyl (C=O) groups is 2. The first-order chi connectivity index (χ1) is 13.8. The van der Waals surface area contributed by atoms with Gasteiger partial charge in [0, 0.05) is 29.6 Å². The molecule has 3 rings (SSSR count). The molecule has 0 atom stereocenters. The molecule has 1 aliphatic carbocycles. The third-order valence-corrected chi connectivity index (χ3v) is 5.53. The van der Waals surface area contributed by atoms with Crippen molar-refractivity contribution >= 4 is 28.5 Å². The fourth-order valence-corrected chi connectivity index (χ4v) is 4.23. The molecule has 0 unspecified atom stereocenters. The van der Waals surface area contributed by atoms with Crippen LogP contribution in [0.3, 0.4) is 0 Å². The van der Waals surface area contributed by atoms with E-state index in [4.69, 9.17) is 4.74 Å². The van der Waals surface area contributed by atoms with Crippen molar-refractivity contribution in [1.29, 1.82) is 0 Å². The number of aromatic nitrogens is 1. The SMILES string of the molecule is CCOC(=O)c1cc2cc(NC(=O)CC(C)(C)C)ccc2n1CC1CCCCC1. The van der Waals surface area contributed by atoms with Crippen molar-refractivity contribution in [1.82, 2.24) is 4.57 Å². The summed E-state index contributed by atoms with van der Waals surface area (Å²) in [6.45, 7) is 9.17. The van der Waals surface area contributed by atoms with Crippen LogP contribution in [0.4, 0.5) is 5.69 Å². The molecule has 29 heavy (non-hydrogen) atoms. The van der Waals surface area contributed by atoms with Crippen molar-refractivity contribution in [3.63, 3.8) is 0 Å². The van der Waals surface area contributed by atoms with Gasteiger partial charge in [0.2, 0.25) is 5.91 Å². The number of amides is 1. The van der Waals surface area contributed by atoms with Crippen molar-refractivity contribution < 1.29 is 14.3 Å². The van der Waals surface area contributed by atoms with Gasteiger partial charge in [0.15, 0.2) is 0 Å². The lowest BCUT2D eigenvalue weighted by Gasteiger charge is -2.23. The second kappa shape index (κ2) is 9.02. The molecule has 0 aliphatic heterocycles. The molecule has 5 heteroatoms. The Hall–Kier alpha value is -2.30. The smallest absolute Gasteiger partial charge is 0.354 e. The van der Waals surface area contributed by atoms with E-state index in [1.54, 1.807) is 0 Å². The topological polar surface area (TPSA) is 60.3 Å². The summed E-state index contributed by atoms with van der Waals surface area (Å²) in [5.74, 6) is 0.320. The average molecular weight is 399 g/mol. The summed E-state index contributed by atoms with van der Waals surface area (Å²) in [5.41, 5.74) is 2.32. The lowest BCUT2D eigenvalue weighted by atomic mass is 9.89. The zero-order valence-electron chi connectivity index (χ0n) is 18.2. The van der Waals surface area contributed by atoms with E-state index in [1.807, 2.05) is 52.0 Å². The summed E-state index contributed by atoms with van der Waals surface area (Å²) in [4.78, 5) is 24.9. The van der Waals surface area contributed by atoms with Gasteiger partial charge in [0.05, 0.1) is 6.61 Å². The number of benzene rings is 1. The van der Waals surface area contributed by atoms with E-state index in [0.29, 0.717) is 24.6 Å². The van der Waals surface area contributed by atoms with E-state index in [9.17, 15) is 9.59 Å². The Bertz CT molecular complexity index is 870. The number of rotatable bonds is 6. The molecule has 1 aliphatic rings. The van der Waals surface area contributed by atoms with Gasteiger partial charge >= 0.3 is 5.97 Å². The van der Waals surface area contributed by atoms with Gasteiger partial charge in [-0.25, -0.2) is 4.79 Å². The molecule has 1 aromatic carbocycles. The zero-order chi connectivity index (χ0) is 21.0. The van der Waals surface area contributed by atoms with Crippen molar-refractivity contribution in [3.8, 4) is 0 Å². The van der Waals surface area contributed by atoms with Gasteiger partial charge in [-0.2, -0.15) is 0 Å². The van der Waals surface area contributed by atoms with Crippen LogP contribution in [0.15, 0.2) is 24.3 Å². The minimum Gasteiger partial charge on any atom is -0.461 e. The second-order valence-corrected chi connectivity index (χ2v) is 9.42. The number of esters is 1. The monoisotopic (exact) mass is 398 g/mol.